The number of ether oxygens (including phenoxy) is 1. The number of nitrogens with zero attached hydrogens (tertiary/aromatic N) is 1. The SMILES string of the molecule is NC(=O)C12CC(CNC(=O)c3ccnc(C4CC4)c3)(C1)OC21CCNCC1. The fourth-order valence-electron chi connectivity index (χ4n) is 5.46. The summed E-state index contributed by atoms with van der Waals surface area (Å²) in [6.45, 7) is 2.08. The summed E-state index contributed by atoms with van der Waals surface area (Å²) < 4.78 is 6.51. The van der Waals surface area contributed by atoms with E-state index >= 15 is 0 Å². The van der Waals surface area contributed by atoms with Gasteiger partial charge in [-0.05, 0) is 63.7 Å². The highest BCUT2D eigenvalue weighted by molar-refractivity contribution is 5.94. The van der Waals surface area contributed by atoms with Crippen molar-refractivity contribution in [3.8, 4) is 0 Å². The Morgan fingerprint density at radius 2 is 2.04 bits per heavy atom. The van der Waals surface area contributed by atoms with Gasteiger partial charge in [0.25, 0.3) is 5.91 Å². The second-order valence-corrected chi connectivity index (χ2v) is 8.76. The highest BCUT2D eigenvalue weighted by Crippen LogP contribution is 2.68. The molecule has 1 aromatic heterocycles. The number of amides is 2. The molecule has 5 aliphatic rings. The Balaban J connectivity index is 1.29. The van der Waals surface area contributed by atoms with Crippen LogP contribution in [0.5, 0.6) is 0 Å². The monoisotopic (exact) mass is 370 g/mol. The molecule has 3 saturated heterocycles. The fraction of sp³-hybridized carbons (Fsp3) is 0.650. The van der Waals surface area contributed by atoms with E-state index in [-0.39, 0.29) is 11.8 Å². The van der Waals surface area contributed by atoms with Gasteiger partial charge in [0.2, 0.25) is 5.91 Å². The molecule has 6 rings (SSSR count). The molecule has 4 heterocycles. The average Bonchev–Trinajstić information content (AvgIpc) is 3.41. The van der Waals surface area contributed by atoms with E-state index in [0.29, 0.717) is 30.9 Å². The van der Waals surface area contributed by atoms with E-state index < -0.39 is 16.6 Å². The number of nitrogens with one attached hydrogen (secondary N) is 2. The van der Waals surface area contributed by atoms with Gasteiger partial charge in [-0.3, -0.25) is 14.6 Å². The summed E-state index contributed by atoms with van der Waals surface area (Å²) in [6.07, 6.45) is 6.82. The van der Waals surface area contributed by atoms with Crippen LogP contribution in [0.4, 0.5) is 0 Å². The average molecular weight is 370 g/mol. The third-order valence-electron chi connectivity index (χ3n) is 7.02. The van der Waals surface area contributed by atoms with Crippen LogP contribution in [0.15, 0.2) is 18.3 Å². The van der Waals surface area contributed by atoms with Crippen LogP contribution >= 0.6 is 0 Å². The standard InChI is InChI=1S/C20H26N4O3/c21-17(26)19-10-18(11-19,27-20(19)4-7-22-8-5-20)12-24-16(25)14-3-6-23-15(9-14)13-1-2-13/h3,6,9,13,22H,1-2,4-5,7-8,10-12H2,(H2,21,26)(H,24,25). The minimum absolute atomic E-state index is 0.111. The van der Waals surface area contributed by atoms with Crippen molar-refractivity contribution in [3.63, 3.8) is 0 Å². The summed E-state index contributed by atoms with van der Waals surface area (Å²) in [5, 5.41) is 6.35. The first-order chi connectivity index (χ1) is 13.0. The van der Waals surface area contributed by atoms with Gasteiger partial charge < -0.3 is 21.1 Å². The molecule has 1 aromatic rings. The molecule has 0 unspecified atom stereocenters. The third-order valence-corrected chi connectivity index (χ3v) is 7.02. The van der Waals surface area contributed by atoms with Crippen LogP contribution in [0.1, 0.15) is 60.5 Å². The van der Waals surface area contributed by atoms with Crippen LogP contribution in [0, 0.1) is 5.41 Å². The largest absolute Gasteiger partial charge is 0.369 e. The van der Waals surface area contributed by atoms with Crippen LogP contribution in [0.2, 0.25) is 0 Å². The lowest BCUT2D eigenvalue weighted by Crippen LogP contribution is -2.60. The molecular weight excluding hydrogens is 344 g/mol. The highest BCUT2D eigenvalue weighted by Gasteiger charge is 2.77. The van der Waals surface area contributed by atoms with Gasteiger partial charge in [0.15, 0.2) is 0 Å². The molecule has 7 heteroatoms. The van der Waals surface area contributed by atoms with Crippen LogP contribution in [0.25, 0.3) is 0 Å². The number of carbonyl (C=O) groups is 2. The third kappa shape index (κ3) is 2.51. The van der Waals surface area contributed by atoms with Gasteiger partial charge in [-0.25, -0.2) is 0 Å². The first kappa shape index (κ1) is 17.1. The first-order valence-electron chi connectivity index (χ1n) is 9.93. The topological polar surface area (TPSA) is 106 Å². The minimum Gasteiger partial charge on any atom is -0.369 e. The lowest BCUT2D eigenvalue weighted by atomic mass is 9.53. The van der Waals surface area contributed by atoms with Gasteiger partial charge in [-0.15, -0.1) is 0 Å². The lowest BCUT2D eigenvalue weighted by Gasteiger charge is -2.47. The van der Waals surface area contributed by atoms with Crippen molar-refractivity contribution in [3.05, 3.63) is 29.6 Å². The van der Waals surface area contributed by atoms with Crippen molar-refractivity contribution < 1.29 is 14.3 Å². The maximum absolute atomic E-state index is 12.6. The molecule has 27 heavy (non-hydrogen) atoms. The molecular formula is C20H26N4O3. The normalized spacial score (nSPS) is 33.5. The predicted octanol–water partition coefficient (Wildman–Crippen LogP) is 0.845. The van der Waals surface area contributed by atoms with E-state index in [9.17, 15) is 9.59 Å². The number of pyridine rings is 1. The van der Waals surface area contributed by atoms with Gasteiger partial charge in [0.05, 0.1) is 16.6 Å². The second kappa shape index (κ2) is 5.75. The molecule has 0 radical (unpaired) electrons. The second-order valence-electron chi connectivity index (χ2n) is 8.76. The van der Waals surface area contributed by atoms with Crippen LogP contribution in [-0.4, -0.2) is 47.6 Å². The molecule has 0 aromatic carbocycles. The number of hydrogen-bond acceptors (Lipinski definition) is 5. The predicted molar refractivity (Wildman–Crippen MR) is 98.1 cm³/mol. The quantitative estimate of drug-likeness (QED) is 0.712. The highest BCUT2D eigenvalue weighted by atomic mass is 16.5. The van der Waals surface area contributed by atoms with Gasteiger partial charge >= 0.3 is 0 Å². The van der Waals surface area contributed by atoms with Crippen LogP contribution in [-0.2, 0) is 9.53 Å². The molecule has 2 saturated carbocycles. The zero-order valence-electron chi connectivity index (χ0n) is 15.4. The van der Waals surface area contributed by atoms with Crippen molar-refractivity contribution >= 4 is 11.8 Å². The molecule has 4 N–H and O–H groups in total. The van der Waals surface area contributed by atoms with E-state index in [1.54, 1.807) is 12.3 Å². The molecule has 2 amide bonds. The number of piperidine rings is 1. The Bertz CT molecular complexity index is 792. The maximum Gasteiger partial charge on any atom is 0.251 e. The Labute approximate surface area is 158 Å². The number of nitrogens with two attached hydrogens (primary N) is 1. The number of hydrogen-bond donors (Lipinski definition) is 3. The zero-order chi connectivity index (χ0) is 18.7. The Hall–Kier alpha value is -1.99. The molecule has 2 bridgehead atoms. The summed E-state index contributed by atoms with van der Waals surface area (Å²) in [5.74, 6) is 0.143. The van der Waals surface area contributed by atoms with Gasteiger partial charge in [-0.1, -0.05) is 0 Å². The zero-order valence-corrected chi connectivity index (χ0v) is 15.4. The summed E-state index contributed by atoms with van der Waals surface area (Å²) in [4.78, 5) is 29.3. The number of carbonyl (C=O) groups excluding carboxylic acids is 2. The summed E-state index contributed by atoms with van der Waals surface area (Å²) >= 11 is 0. The van der Waals surface area contributed by atoms with E-state index in [2.05, 4.69) is 15.6 Å². The minimum atomic E-state index is -0.574. The molecule has 144 valence electrons. The van der Waals surface area contributed by atoms with Crippen molar-refractivity contribution in [2.45, 2.75) is 55.6 Å². The summed E-state index contributed by atoms with van der Waals surface area (Å²) in [7, 11) is 0. The number of aromatic nitrogens is 1. The molecule has 7 nitrogen and oxygen atoms in total. The fourth-order valence-corrected chi connectivity index (χ4v) is 5.46. The molecule has 1 spiro atoms. The first-order valence-corrected chi connectivity index (χ1v) is 9.93. The van der Waals surface area contributed by atoms with Gasteiger partial charge in [0, 0.05) is 29.9 Å². The van der Waals surface area contributed by atoms with Gasteiger partial charge in [-0.2, -0.15) is 0 Å². The molecule has 3 aliphatic heterocycles. The van der Waals surface area contributed by atoms with E-state index in [1.165, 1.54) is 0 Å². The summed E-state index contributed by atoms with van der Waals surface area (Å²) in [6, 6.07) is 3.64. The van der Waals surface area contributed by atoms with E-state index in [4.69, 9.17) is 10.5 Å². The van der Waals surface area contributed by atoms with Crippen molar-refractivity contribution in [1.82, 2.24) is 15.6 Å². The Kier molecular flexibility index (Phi) is 3.65. The summed E-state index contributed by atoms with van der Waals surface area (Å²) in [5.41, 5.74) is 5.93. The van der Waals surface area contributed by atoms with Crippen LogP contribution in [0.3, 0.4) is 0 Å². The van der Waals surface area contributed by atoms with Crippen LogP contribution < -0.4 is 16.4 Å². The van der Waals surface area contributed by atoms with Crippen molar-refractivity contribution in [2.24, 2.45) is 11.1 Å². The molecule has 5 fully saturated rings. The molecule has 2 aliphatic carbocycles. The number of rotatable bonds is 5. The van der Waals surface area contributed by atoms with Gasteiger partial charge in [0.1, 0.15) is 0 Å². The Morgan fingerprint density at radius 1 is 1.30 bits per heavy atom. The smallest absolute Gasteiger partial charge is 0.251 e. The number of primary amides is 1. The van der Waals surface area contributed by atoms with E-state index in [0.717, 1.165) is 44.5 Å². The van der Waals surface area contributed by atoms with Crippen molar-refractivity contribution in [2.75, 3.05) is 19.6 Å². The maximum atomic E-state index is 12.6. The molecule has 0 atom stereocenters. The van der Waals surface area contributed by atoms with E-state index in [1.807, 2.05) is 6.07 Å². The lowest BCUT2D eigenvalue weighted by molar-refractivity contribution is -0.137. The van der Waals surface area contributed by atoms with Crippen molar-refractivity contribution in [1.29, 1.82) is 0 Å². The Morgan fingerprint density at radius 3 is 2.70 bits per heavy atom.